The van der Waals surface area contributed by atoms with E-state index in [1.807, 2.05) is 22.9 Å². The number of unbranched alkanes of at least 4 members (excludes halogenated alkanes) is 1. The van der Waals surface area contributed by atoms with E-state index in [9.17, 15) is 14.7 Å². The molecule has 1 N–H and O–H groups in total. The molecule has 9 heteroatoms. The smallest absolute Gasteiger partial charge is 0.345 e. The van der Waals surface area contributed by atoms with Gasteiger partial charge in [0.1, 0.15) is 4.88 Å². The molecular formula is C26H25ClN2O3S3. The number of benzene rings is 1. The second-order valence-electron chi connectivity index (χ2n) is 8.05. The molecular weight excluding hydrogens is 520 g/mol. The maximum Gasteiger partial charge on any atom is 0.345 e. The Labute approximate surface area is 222 Å². The Kier molecular flexibility index (Phi) is 9.30. The molecule has 0 aliphatic carbocycles. The predicted octanol–water partition coefficient (Wildman–Crippen LogP) is 6.51. The minimum Gasteiger partial charge on any atom is -0.477 e. The highest BCUT2D eigenvalue weighted by atomic mass is 35.5. The van der Waals surface area contributed by atoms with E-state index in [0.29, 0.717) is 18.0 Å². The maximum absolute atomic E-state index is 12.6. The highest BCUT2D eigenvalue weighted by molar-refractivity contribution is 8.13. The molecule has 1 amide bonds. The van der Waals surface area contributed by atoms with E-state index in [4.69, 9.17) is 11.6 Å². The minimum absolute atomic E-state index is 0.0410. The van der Waals surface area contributed by atoms with Gasteiger partial charge in [-0.3, -0.25) is 9.80 Å². The SMILES string of the molecule is O=C(O)c1cc(Cl)c(CCN2C(=O)SCCN2CCCCc2cccc(C#Cc3ccsc3)c2)s1. The van der Waals surface area contributed by atoms with Crippen LogP contribution in [0.1, 0.15) is 44.1 Å². The summed E-state index contributed by atoms with van der Waals surface area (Å²) >= 11 is 10.4. The number of thiophene rings is 2. The number of rotatable bonds is 9. The summed E-state index contributed by atoms with van der Waals surface area (Å²) < 4.78 is 0. The quantitative estimate of drug-likeness (QED) is 0.246. The molecule has 4 rings (SSSR count). The average Bonchev–Trinajstić information content (AvgIpc) is 3.50. The fourth-order valence-corrected chi connectivity index (χ4v) is 6.50. The van der Waals surface area contributed by atoms with Crippen molar-refractivity contribution in [3.8, 4) is 11.8 Å². The zero-order valence-electron chi connectivity index (χ0n) is 19.0. The van der Waals surface area contributed by atoms with Crippen molar-refractivity contribution in [1.29, 1.82) is 0 Å². The van der Waals surface area contributed by atoms with Gasteiger partial charge in [-0.15, -0.1) is 11.3 Å². The van der Waals surface area contributed by atoms with Gasteiger partial charge in [0.2, 0.25) is 0 Å². The first kappa shape index (κ1) is 25.8. The van der Waals surface area contributed by atoms with E-state index >= 15 is 0 Å². The van der Waals surface area contributed by atoms with Crippen molar-refractivity contribution >= 4 is 57.2 Å². The van der Waals surface area contributed by atoms with Crippen molar-refractivity contribution in [3.05, 3.63) is 78.6 Å². The van der Waals surface area contributed by atoms with Crippen molar-refractivity contribution in [1.82, 2.24) is 10.0 Å². The molecule has 3 heterocycles. The molecule has 0 spiro atoms. The topological polar surface area (TPSA) is 60.9 Å². The number of carboxylic acids is 1. The molecule has 0 unspecified atom stereocenters. The molecule has 1 aliphatic rings. The van der Waals surface area contributed by atoms with Crippen molar-refractivity contribution in [2.75, 3.05) is 25.4 Å². The fourth-order valence-electron chi connectivity index (χ4n) is 3.81. The molecule has 3 aromatic rings. The average molecular weight is 545 g/mol. The Balaban J connectivity index is 1.27. The number of halogens is 1. The van der Waals surface area contributed by atoms with Gasteiger partial charge in [0.05, 0.1) is 5.02 Å². The molecule has 0 radical (unpaired) electrons. The molecule has 0 bridgehead atoms. The molecule has 0 saturated carbocycles. The number of carbonyl (C=O) groups excluding carboxylic acids is 1. The molecule has 0 atom stereocenters. The molecule has 1 fully saturated rings. The van der Waals surface area contributed by atoms with Gasteiger partial charge in [0.15, 0.2) is 0 Å². The lowest BCUT2D eigenvalue weighted by Gasteiger charge is -2.38. The number of aryl methyl sites for hydroxylation is 1. The first-order chi connectivity index (χ1) is 17.0. The second-order valence-corrected chi connectivity index (χ2v) is 11.4. The third-order valence-corrected chi connectivity index (χ3v) is 8.74. The largest absolute Gasteiger partial charge is 0.477 e. The lowest BCUT2D eigenvalue weighted by molar-refractivity contribution is 0.0270. The summed E-state index contributed by atoms with van der Waals surface area (Å²) in [6, 6.07) is 11.9. The number of amides is 1. The van der Waals surface area contributed by atoms with Gasteiger partial charge in [-0.1, -0.05) is 47.3 Å². The van der Waals surface area contributed by atoms with Crippen molar-refractivity contribution in [2.45, 2.75) is 25.7 Å². The van der Waals surface area contributed by atoms with Gasteiger partial charge in [-0.05, 0) is 54.5 Å². The van der Waals surface area contributed by atoms with E-state index in [1.165, 1.54) is 34.7 Å². The highest BCUT2D eigenvalue weighted by Gasteiger charge is 2.26. The van der Waals surface area contributed by atoms with E-state index < -0.39 is 5.97 Å². The minimum atomic E-state index is -0.977. The molecule has 182 valence electrons. The third kappa shape index (κ3) is 7.35. The summed E-state index contributed by atoms with van der Waals surface area (Å²) in [5.41, 5.74) is 3.34. The van der Waals surface area contributed by atoms with Gasteiger partial charge in [-0.25, -0.2) is 9.80 Å². The van der Waals surface area contributed by atoms with Crippen LogP contribution >= 0.6 is 46.0 Å². The molecule has 1 aromatic carbocycles. The lowest BCUT2D eigenvalue weighted by Crippen LogP contribution is -2.50. The summed E-state index contributed by atoms with van der Waals surface area (Å²) in [5, 5.41) is 17.7. The maximum atomic E-state index is 12.6. The Hall–Kier alpha value is -2.28. The number of thioether (sulfide) groups is 1. The number of nitrogens with zero attached hydrogens (tertiary/aromatic N) is 2. The van der Waals surface area contributed by atoms with Crippen LogP contribution in [-0.4, -0.2) is 51.7 Å². The summed E-state index contributed by atoms with van der Waals surface area (Å²) in [4.78, 5) is 24.8. The third-order valence-electron chi connectivity index (χ3n) is 5.58. The lowest BCUT2D eigenvalue weighted by atomic mass is 10.1. The standard InChI is InChI=1S/C26H25ClN2O3S3/c27-22-17-24(25(30)31)35-23(22)9-12-29-26(32)34-15-13-28(29)11-2-1-4-19-5-3-6-20(16-19)7-8-21-10-14-33-18-21/h3,5-6,10,14,16-18H,1-2,4,9,11-13,15H2,(H,30,31). The molecule has 2 aromatic heterocycles. The van der Waals surface area contributed by atoms with Crippen LogP contribution < -0.4 is 0 Å². The highest BCUT2D eigenvalue weighted by Crippen LogP contribution is 2.29. The van der Waals surface area contributed by atoms with E-state index in [-0.39, 0.29) is 10.1 Å². The predicted molar refractivity (Wildman–Crippen MR) is 146 cm³/mol. The van der Waals surface area contributed by atoms with Crippen molar-refractivity contribution in [3.63, 3.8) is 0 Å². The zero-order chi connectivity index (χ0) is 24.6. The summed E-state index contributed by atoms with van der Waals surface area (Å²) in [6.45, 7) is 2.13. The van der Waals surface area contributed by atoms with Crippen LogP contribution in [0.15, 0.2) is 47.2 Å². The molecule has 35 heavy (non-hydrogen) atoms. The van der Waals surface area contributed by atoms with Gasteiger partial charge < -0.3 is 5.11 Å². The fraction of sp³-hybridized carbons (Fsp3) is 0.308. The van der Waals surface area contributed by atoms with Crippen LogP contribution in [0, 0.1) is 11.8 Å². The second kappa shape index (κ2) is 12.6. The van der Waals surface area contributed by atoms with Crippen LogP contribution in [0.3, 0.4) is 0 Å². The van der Waals surface area contributed by atoms with E-state index in [1.54, 1.807) is 16.3 Å². The number of hydrogen-bond acceptors (Lipinski definition) is 6. The number of hydrogen-bond donors (Lipinski definition) is 1. The first-order valence-electron chi connectivity index (χ1n) is 11.3. The number of aromatic carboxylic acids is 1. The summed E-state index contributed by atoms with van der Waals surface area (Å²) in [5.74, 6) is 6.24. The van der Waals surface area contributed by atoms with Gasteiger partial charge >= 0.3 is 5.97 Å². The van der Waals surface area contributed by atoms with E-state index in [0.717, 1.165) is 54.1 Å². The Bertz CT molecular complexity index is 1230. The van der Waals surface area contributed by atoms with Gasteiger partial charge in [0.25, 0.3) is 5.24 Å². The van der Waals surface area contributed by atoms with Gasteiger partial charge in [0, 0.05) is 53.2 Å². The van der Waals surface area contributed by atoms with E-state index in [2.05, 4.69) is 35.0 Å². The first-order valence-corrected chi connectivity index (χ1v) is 14.5. The number of hydrazine groups is 1. The Morgan fingerprint density at radius 3 is 2.71 bits per heavy atom. The number of carbonyl (C=O) groups is 2. The zero-order valence-corrected chi connectivity index (χ0v) is 22.2. The van der Waals surface area contributed by atoms with Crippen LogP contribution in [0.25, 0.3) is 0 Å². The van der Waals surface area contributed by atoms with Gasteiger partial charge in [-0.2, -0.15) is 11.3 Å². The number of carboxylic acid groups (broad SMARTS) is 1. The van der Waals surface area contributed by atoms with Crippen LogP contribution in [-0.2, 0) is 12.8 Å². The van der Waals surface area contributed by atoms with Crippen molar-refractivity contribution < 1.29 is 14.7 Å². The molecule has 1 saturated heterocycles. The Morgan fingerprint density at radius 1 is 1.09 bits per heavy atom. The monoisotopic (exact) mass is 544 g/mol. The van der Waals surface area contributed by atoms with Crippen LogP contribution in [0.2, 0.25) is 5.02 Å². The summed E-state index contributed by atoms with van der Waals surface area (Å²) in [7, 11) is 0. The molecule has 1 aliphatic heterocycles. The van der Waals surface area contributed by atoms with Crippen LogP contribution in [0.4, 0.5) is 4.79 Å². The van der Waals surface area contributed by atoms with Crippen molar-refractivity contribution in [2.24, 2.45) is 0 Å². The molecule has 5 nitrogen and oxygen atoms in total. The summed E-state index contributed by atoms with van der Waals surface area (Å²) in [6.07, 6.45) is 3.50. The Morgan fingerprint density at radius 2 is 1.94 bits per heavy atom. The van der Waals surface area contributed by atoms with Crippen LogP contribution in [0.5, 0.6) is 0 Å². The normalized spacial score (nSPS) is 14.1.